The Morgan fingerprint density at radius 2 is 1.23 bits per heavy atom. The average molecular weight is 591 g/mol. The number of benzene rings is 5. The van der Waals surface area contributed by atoms with Crippen molar-refractivity contribution < 1.29 is 27.9 Å². The van der Waals surface area contributed by atoms with Gasteiger partial charge in [0.2, 0.25) is 0 Å². The zero-order valence-corrected chi connectivity index (χ0v) is 23.2. The molecule has 0 aliphatic carbocycles. The summed E-state index contributed by atoms with van der Waals surface area (Å²) < 4.78 is 43.5. The first-order valence-electron chi connectivity index (χ1n) is 13.8. The van der Waals surface area contributed by atoms with Crippen molar-refractivity contribution in [2.24, 2.45) is 0 Å². The van der Waals surface area contributed by atoms with E-state index < -0.39 is 23.5 Å². The highest BCUT2D eigenvalue weighted by atomic mass is 19.1. The number of rotatable bonds is 8. The van der Waals surface area contributed by atoms with E-state index >= 15 is 0 Å². The highest BCUT2D eigenvalue weighted by Crippen LogP contribution is 2.31. The molecule has 0 saturated heterocycles. The van der Waals surface area contributed by atoms with Crippen LogP contribution in [-0.2, 0) is 13.1 Å². The summed E-state index contributed by atoms with van der Waals surface area (Å²) in [6, 6.07) is 28.8. The van der Waals surface area contributed by atoms with Crippen LogP contribution in [0.1, 0.15) is 31.8 Å². The van der Waals surface area contributed by atoms with E-state index in [4.69, 9.17) is 5.11 Å². The van der Waals surface area contributed by atoms with Gasteiger partial charge < -0.3 is 15.0 Å². The lowest BCUT2D eigenvalue weighted by atomic mass is 9.99. The number of carbonyl (C=O) groups is 2. The molecule has 0 radical (unpaired) electrons. The quantitative estimate of drug-likeness (QED) is 0.188. The van der Waals surface area contributed by atoms with Gasteiger partial charge in [0, 0.05) is 30.7 Å². The number of hydrogen-bond acceptors (Lipinski definition) is 2. The number of carboxylic acid groups (broad SMARTS) is 1. The van der Waals surface area contributed by atoms with Crippen LogP contribution in [0.3, 0.4) is 0 Å². The van der Waals surface area contributed by atoms with Gasteiger partial charge in [0.05, 0.1) is 16.6 Å². The molecule has 0 atom stereocenters. The summed E-state index contributed by atoms with van der Waals surface area (Å²) in [5.41, 5.74) is 5.38. The molecule has 5 aromatic carbocycles. The number of nitrogens with zero attached hydrogens (tertiary/aromatic N) is 1. The number of halogens is 3. The van der Waals surface area contributed by atoms with E-state index in [1.54, 1.807) is 36.4 Å². The molecule has 5 nitrogen and oxygen atoms in total. The number of hydrogen-bond donors (Lipinski definition) is 2. The van der Waals surface area contributed by atoms with Gasteiger partial charge in [-0.15, -0.1) is 0 Å². The number of carboxylic acids is 1. The lowest BCUT2D eigenvalue weighted by Crippen LogP contribution is -2.23. The minimum absolute atomic E-state index is 0.139. The van der Waals surface area contributed by atoms with Gasteiger partial charge in [0.1, 0.15) is 17.5 Å². The maximum absolute atomic E-state index is 14.1. The summed E-state index contributed by atoms with van der Waals surface area (Å²) in [5, 5.41) is 12.8. The van der Waals surface area contributed by atoms with Crippen molar-refractivity contribution >= 4 is 22.8 Å². The summed E-state index contributed by atoms with van der Waals surface area (Å²) in [5.74, 6) is -3.19. The second kappa shape index (κ2) is 11.9. The zero-order chi connectivity index (χ0) is 30.8. The summed E-state index contributed by atoms with van der Waals surface area (Å²) in [6.07, 6.45) is 1.86. The van der Waals surface area contributed by atoms with Gasteiger partial charge in [-0.2, -0.15) is 0 Å². The molecule has 44 heavy (non-hydrogen) atoms. The van der Waals surface area contributed by atoms with Crippen LogP contribution in [0, 0.1) is 17.5 Å². The Kier molecular flexibility index (Phi) is 7.72. The van der Waals surface area contributed by atoms with Gasteiger partial charge in [-0.25, -0.2) is 18.0 Å². The van der Waals surface area contributed by atoms with Crippen LogP contribution >= 0.6 is 0 Å². The third-order valence-electron chi connectivity index (χ3n) is 7.44. The molecule has 1 aromatic heterocycles. The Hall–Kier alpha value is -5.63. The third kappa shape index (κ3) is 6.10. The molecule has 1 heterocycles. The maximum Gasteiger partial charge on any atom is 0.335 e. The first kappa shape index (κ1) is 28.5. The normalized spacial score (nSPS) is 11.1. The van der Waals surface area contributed by atoms with Crippen molar-refractivity contribution in [2.75, 3.05) is 0 Å². The fourth-order valence-electron chi connectivity index (χ4n) is 5.23. The van der Waals surface area contributed by atoms with E-state index in [9.17, 15) is 22.8 Å². The SMILES string of the molecule is O=C(O)c1ccc(CNC(=O)c2cc(-c3cc(F)cc(F)c3)cc3ccn(Cc4ccc(-c5ccc(F)cc5)cc4)c23)cc1. The topological polar surface area (TPSA) is 71.3 Å². The Morgan fingerprint density at radius 1 is 0.636 bits per heavy atom. The number of aromatic carboxylic acids is 1. The first-order chi connectivity index (χ1) is 21.2. The molecule has 0 bridgehead atoms. The van der Waals surface area contributed by atoms with Crippen LogP contribution in [-0.4, -0.2) is 21.6 Å². The molecule has 0 unspecified atom stereocenters. The van der Waals surface area contributed by atoms with Crippen molar-refractivity contribution in [3.8, 4) is 22.3 Å². The summed E-state index contributed by atoms with van der Waals surface area (Å²) in [7, 11) is 0. The van der Waals surface area contributed by atoms with Gasteiger partial charge in [0.25, 0.3) is 5.91 Å². The second-order valence-electron chi connectivity index (χ2n) is 10.5. The van der Waals surface area contributed by atoms with Crippen molar-refractivity contribution in [2.45, 2.75) is 13.1 Å². The second-order valence-corrected chi connectivity index (χ2v) is 10.5. The molecule has 0 aliphatic rings. The Bertz CT molecular complexity index is 1980. The molecule has 2 N–H and O–H groups in total. The third-order valence-corrected chi connectivity index (χ3v) is 7.44. The molecule has 0 fully saturated rings. The van der Waals surface area contributed by atoms with Crippen molar-refractivity contribution in [3.05, 3.63) is 155 Å². The largest absolute Gasteiger partial charge is 0.478 e. The number of carbonyl (C=O) groups excluding carboxylic acids is 1. The van der Waals surface area contributed by atoms with Gasteiger partial charge in [0.15, 0.2) is 0 Å². The fourth-order valence-corrected chi connectivity index (χ4v) is 5.23. The minimum Gasteiger partial charge on any atom is -0.478 e. The van der Waals surface area contributed by atoms with Crippen LogP contribution in [0.2, 0.25) is 0 Å². The monoisotopic (exact) mass is 590 g/mol. The average Bonchev–Trinajstić information content (AvgIpc) is 3.42. The molecule has 0 saturated carbocycles. The number of aromatic nitrogens is 1. The number of fused-ring (bicyclic) bond motifs is 1. The zero-order valence-electron chi connectivity index (χ0n) is 23.2. The van der Waals surface area contributed by atoms with Crippen LogP contribution in [0.25, 0.3) is 33.2 Å². The minimum atomic E-state index is -1.04. The van der Waals surface area contributed by atoms with Gasteiger partial charge in [-0.05, 0) is 88.0 Å². The van der Waals surface area contributed by atoms with Gasteiger partial charge >= 0.3 is 5.97 Å². The summed E-state index contributed by atoms with van der Waals surface area (Å²) in [4.78, 5) is 24.8. The van der Waals surface area contributed by atoms with Gasteiger partial charge in [-0.1, -0.05) is 48.5 Å². The number of amides is 1. The van der Waals surface area contributed by atoms with Gasteiger partial charge in [-0.3, -0.25) is 4.79 Å². The molecule has 0 spiro atoms. The molecule has 1 amide bonds. The molecular formula is C36H25F3N2O3. The van der Waals surface area contributed by atoms with Crippen LogP contribution < -0.4 is 5.32 Å². The predicted molar refractivity (Wildman–Crippen MR) is 163 cm³/mol. The molecule has 218 valence electrons. The molecule has 8 heteroatoms. The van der Waals surface area contributed by atoms with E-state index in [0.717, 1.165) is 22.8 Å². The predicted octanol–water partition coefficient (Wildman–Crippen LogP) is 8.07. The van der Waals surface area contributed by atoms with Crippen molar-refractivity contribution in [1.82, 2.24) is 9.88 Å². The Labute approximate surface area is 250 Å². The maximum atomic E-state index is 14.1. The smallest absolute Gasteiger partial charge is 0.335 e. The highest BCUT2D eigenvalue weighted by Gasteiger charge is 2.18. The summed E-state index contributed by atoms with van der Waals surface area (Å²) in [6.45, 7) is 0.586. The van der Waals surface area contributed by atoms with Crippen LogP contribution in [0.15, 0.2) is 115 Å². The van der Waals surface area contributed by atoms with Crippen LogP contribution in [0.4, 0.5) is 13.2 Å². The fraction of sp³-hybridized carbons (Fsp3) is 0.0556. The first-order valence-corrected chi connectivity index (χ1v) is 13.8. The van der Waals surface area contributed by atoms with E-state index in [1.807, 2.05) is 41.1 Å². The molecule has 6 aromatic rings. The van der Waals surface area contributed by atoms with E-state index in [-0.39, 0.29) is 17.9 Å². The summed E-state index contributed by atoms with van der Waals surface area (Å²) >= 11 is 0. The standard InChI is InChI=1S/C36H25F3N2O3/c37-30-11-9-25(10-12-30)24-5-3-23(4-6-24)21-41-14-13-27-15-28(29-16-31(38)19-32(39)17-29)18-33(34(27)41)35(42)40-20-22-1-7-26(8-2-22)36(43)44/h1-19H,20-21H2,(H,40,42)(H,43,44). The molecular weight excluding hydrogens is 565 g/mol. The molecule has 0 aliphatic heterocycles. The molecule has 6 rings (SSSR count). The Balaban J connectivity index is 1.34. The number of nitrogens with one attached hydrogen (secondary N) is 1. The Morgan fingerprint density at radius 3 is 1.86 bits per heavy atom. The van der Waals surface area contributed by atoms with E-state index in [1.165, 1.54) is 36.4 Å². The van der Waals surface area contributed by atoms with E-state index in [0.29, 0.717) is 39.7 Å². The van der Waals surface area contributed by atoms with Crippen molar-refractivity contribution in [1.29, 1.82) is 0 Å². The lowest BCUT2D eigenvalue weighted by molar-refractivity contribution is 0.0696. The van der Waals surface area contributed by atoms with E-state index in [2.05, 4.69) is 5.32 Å². The van der Waals surface area contributed by atoms with Crippen LogP contribution in [0.5, 0.6) is 0 Å². The highest BCUT2D eigenvalue weighted by molar-refractivity contribution is 6.08. The lowest BCUT2D eigenvalue weighted by Gasteiger charge is -2.14. The van der Waals surface area contributed by atoms with Crippen molar-refractivity contribution in [3.63, 3.8) is 0 Å².